The second-order valence-corrected chi connectivity index (χ2v) is 6.56. The van der Waals surface area contributed by atoms with E-state index < -0.39 is 20.9 Å². The van der Waals surface area contributed by atoms with Crippen molar-refractivity contribution in [1.29, 1.82) is 0 Å². The first-order valence-corrected chi connectivity index (χ1v) is 8.37. The number of hydrogen-bond donors (Lipinski definition) is 1. The zero-order valence-corrected chi connectivity index (χ0v) is 12.4. The molecule has 1 N–H and O–H groups in total. The summed E-state index contributed by atoms with van der Waals surface area (Å²) in [7, 11) is -4.02. The maximum atomic E-state index is 13.4. The van der Waals surface area contributed by atoms with Crippen LogP contribution in [0.25, 0.3) is 0 Å². The molecule has 2 rings (SSSR count). The molecule has 6 nitrogen and oxygen atoms in total. The second-order valence-electron chi connectivity index (χ2n) is 4.88. The maximum absolute atomic E-state index is 13.4. The Balaban J connectivity index is 1.88. The Labute approximate surface area is 123 Å². The van der Waals surface area contributed by atoms with Gasteiger partial charge in [-0.15, -0.1) is 0 Å². The van der Waals surface area contributed by atoms with Crippen molar-refractivity contribution in [2.75, 3.05) is 19.6 Å². The minimum atomic E-state index is -4.02. The van der Waals surface area contributed by atoms with Gasteiger partial charge in [0.05, 0.1) is 0 Å². The molecule has 0 radical (unpaired) electrons. The van der Waals surface area contributed by atoms with Crippen LogP contribution in [0.1, 0.15) is 25.7 Å². The van der Waals surface area contributed by atoms with Gasteiger partial charge in [0, 0.05) is 32.3 Å². The van der Waals surface area contributed by atoms with Crippen LogP contribution in [-0.4, -0.2) is 43.8 Å². The number of rotatable bonds is 5. The van der Waals surface area contributed by atoms with Crippen molar-refractivity contribution in [3.63, 3.8) is 0 Å². The van der Waals surface area contributed by atoms with E-state index in [9.17, 15) is 17.6 Å². The van der Waals surface area contributed by atoms with E-state index in [1.807, 2.05) is 0 Å². The highest BCUT2D eigenvalue weighted by Gasteiger charge is 2.21. The van der Waals surface area contributed by atoms with Gasteiger partial charge in [-0.3, -0.25) is 4.79 Å². The number of sulfonamides is 1. The molecule has 116 valence electrons. The first-order valence-electron chi connectivity index (χ1n) is 6.89. The van der Waals surface area contributed by atoms with E-state index in [1.165, 1.54) is 12.3 Å². The molecule has 0 bridgehead atoms. The zero-order chi connectivity index (χ0) is 15.3. The number of pyridine rings is 1. The van der Waals surface area contributed by atoms with E-state index in [-0.39, 0.29) is 18.9 Å². The molecule has 1 fully saturated rings. The van der Waals surface area contributed by atoms with E-state index >= 15 is 0 Å². The third-order valence-corrected chi connectivity index (χ3v) is 4.71. The summed E-state index contributed by atoms with van der Waals surface area (Å²) in [5, 5.41) is -0.643. The first kappa shape index (κ1) is 15.8. The molecule has 21 heavy (non-hydrogen) atoms. The van der Waals surface area contributed by atoms with E-state index in [0.717, 1.165) is 38.4 Å². The Kier molecular flexibility index (Phi) is 5.24. The van der Waals surface area contributed by atoms with Crippen LogP contribution in [0.5, 0.6) is 0 Å². The number of piperidine rings is 1. The molecule has 0 saturated carbocycles. The third kappa shape index (κ3) is 4.21. The van der Waals surface area contributed by atoms with Crippen molar-refractivity contribution in [3.8, 4) is 0 Å². The lowest BCUT2D eigenvalue weighted by Gasteiger charge is -2.26. The molecule has 1 aromatic heterocycles. The lowest BCUT2D eigenvalue weighted by Crippen LogP contribution is -2.38. The van der Waals surface area contributed by atoms with Crippen molar-refractivity contribution in [1.82, 2.24) is 14.6 Å². The molecule has 0 aromatic carbocycles. The van der Waals surface area contributed by atoms with Crippen molar-refractivity contribution < 1.29 is 17.6 Å². The van der Waals surface area contributed by atoms with E-state index in [2.05, 4.69) is 9.71 Å². The van der Waals surface area contributed by atoms with E-state index in [0.29, 0.717) is 0 Å². The Morgan fingerprint density at radius 2 is 2.05 bits per heavy atom. The van der Waals surface area contributed by atoms with Crippen LogP contribution < -0.4 is 4.72 Å². The van der Waals surface area contributed by atoms with Crippen molar-refractivity contribution in [2.45, 2.75) is 30.7 Å². The monoisotopic (exact) mass is 315 g/mol. The summed E-state index contributed by atoms with van der Waals surface area (Å²) in [4.78, 5) is 17.1. The number of carbonyl (C=O) groups is 1. The van der Waals surface area contributed by atoms with Crippen LogP contribution in [0.4, 0.5) is 4.39 Å². The van der Waals surface area contributed by atoms with Gasteiger partial charge < -0.3 is 4.90 Å². The molecular weight excluding hydrogens is 297 g/mol. The number of nitrogens with one attached hydrogen (secondary N) is 1. The molecule has 0 unspecified atom stereocenters. The van der Waals surface area contributed by atoms with Gasteiger partial charge in [0.25, 0.3) is 10.0 Å². The molecule has 0 aliphatic carbocycles. The number of halogens is 1. The van der Waals surface area contributed by atoms with Crippen molar-refractivity contribution in [3.05, 3.63) is 24.1 Å². The first-order chi connectivity index (χ1) is 10.0. The SMILES string of the molecule is O=C(CCNS(=O)(=O)c1ncccc1F)N1CCCCC1. The lowest BCUT2D eigenvalue weighted by atomic mass is 10.1. The highest BCUT2D eigenvalue weighted by Crippen LogP contribution is 2.11. The topological polar surface area (TPSA) is 79.4 Å². The summed E-state index contributed by atoms with van der Waals surface area (Å²) < 4.78 is 39.4. The number of aromatic nitrogens is 1. The Morgan fingerprint density at radius 1 is 1.33 bits per heavy atom. The van der Waals surface area contributed by atoms with E-state index in [4.69, 9.17) is 0 Å². The zero-order valence-electron chi connectivity index (χ0n) is 11.6. The molecule has 1 aromatic rings. The van der Waals surface area contributed by atoms with Crippen LogP contribution in [0.15, 0.2) is 23.4 Å². The van der Waals surface area contributed by atoms with Gasteiger partial charge >= 0.3 is 0 Å². The number of likely N-dealkylation sites (tertiary alicyclic amines) is 1. The minimum absolute atomic E-state index is 0.0618. The molecule has 2 heterocycles. The quantitative estimate of drug-likeness (QED) is 0.875. The minimum Gasteiger partial charge on any atom is -0.343 e. The average Bonchev–Trinajstić information content (AvgIpc) is 2.48. The second kappa shape index (κ2) is 6.95. The van der Waals surface area contributed by atoms with Crippen LogP contribution in [0, 0.1) is 5.82 Å². The van der Waals surface area contributed by atoms with Gasteiger partial charge in [0.2, 0.25) is 10.9 Å². The fourth-order valence-electron chi connectivity index (χ4n) is 2.23. The van der Waals surface area contributed by atoms with Gasteiger partial charge in [-0.05, 0) is 31.4 Å². The molecule has 1 aliphatic rings. The number of hydrogen-bond acceptors (Lipinski definition) is 4. The van der Waals surface area contributed by atoms with Gasteiger partial charge in [0.15, 0.2) is 5.82 Å². The molecule has 1 saturated heterocycles. The van der Waals surface area contributed by atoms with Gasteiger partial charge in [-0.1, -0.05) is 0 Å². The molecular formula is C13H18FN3O3S. The van der Waals surface area contributed by atoms with E-state index in [1.54, 1.807) is 4.90 Å². The van der Waals surface area contributed by atoms with Crippen LogP contribution >= 0.6 is 0 Å². The Hall–Kier alpha value is -1.54. The molecule has 1 amide bonds. The van der Waals surface area contributed by atoms with Crippen molar-refractivity contribution >= 4 is 15.9 Å². The van der Waals surface area contributed by atoms with Crippen LogP contribution in [-0.2, 0) is 14.8 Å². The normalized spacial score (nSPS) is 16.0. The largest absolute Gasteiger partial charge is 0.343 e. The van der Waals surface area contributed by atoms with Gasteiger partial charge in [-0.2, -0.15) is 0 Å². The fourth-order valence-corrected chi connectivity index (χ4v) is 3.26. The maximum Gasteiger partial charge on any atom is 0.261 e. The highest BCUT2D eigenvalue weighted by atomic mass is 32.2. The summed E-state index contributed by atoms with van der Waals surface area (Å²) in [6, 6.07) is 2.34. The standard InChI is InChI=1S/C13H18FN3O3S/c14-11-5-4-7-15-13(11)21(19,20)16-8-6-12(18)17-9-2-1-3-10-17/h4-5,7,16H,1-3,6,8-10H2. The summed E-state index contributed by atoms with van der Waals surface area (Å²) >= 11 is 0. The van der Waals surface area contributed by atoms with Crippen LogP contribution in [0.3, 0.4) is 0 Å². The van der Waals surface area contributed by atoms with Crippen LogP contribution in [0.2, 0.25) is 0 Å². The molecule has 1 aliphatic heterocycles. The predicted molar refractivity (Wildman–Crippen MR) is 74.4 cm³/mol. The highest BCUT2D eigenvalue weighted by molar-refractivity contribution is 7.89. The molecule has 0 atom stereocenters. The summed E-state index contributed by atoms with van der Waals surface area (Å²) in [6.45, 7) is 1.38. The van der Waals surface area contributed by atoms with Gasteiger partial charge in [0.1, 0.15) is 0 Å². The Bertz CT molecular complexity index is 600. The third-order valence-electron chi connectivity index (χ3n) is 3.32. The summed E-state index contributed by atoms with van der Waals surface area (Å²) in [6.07, 6.45) is 4.35. The summed E-state index contributed by atoms with van der Waals surface area (Å²) in [5.41, 5.74) is 0. The predicted octanol–water partition coefficient (Wildman–Crippen LogP) is 0.902. The fraction of sp³-hybridized carbons (Fsp3) is 0.538. The Morgan fingerprint density at radius 3 is 2.71 bits per heavy atom. The number of carbonyl (C=O) groups excluding carboxylic acids is 1. The van der Waals surface area contributed by atoms with Crippen molar-refractivity contribution in [2.24, 2.45) is 0 Å². The molecule has 8 heteroatoms. The lowest BCUT2D eigenvalue weighted by molar-refractivity contribution is -0.131. The average molecular weight is 315 g/mol. The molecule has 0 spiro atoms. The number of amides is 1. The smallest absolute Gasteiger partial charge is 0.261 e. The summed E-state index contributed by atoms with van der Waals surface area (Å²) in [5.74, 6) is -0.994. The number of nitrogens with zero attached hydrogens (tertiary/aromatic N) is 2. The van der Waals surface area contributed by atoms with Gasteiger partial charge in [-0.25, -0.2) is 22.5 Å².